The fourth-order valence-corrected chi connectivity index (χ4v) is 2.38. The molecule has 0 bridgehead atoms. The van der Waals surface area contributed by atoms with Gasteiger partial charge in [-0.1, -0.05) is 38.1 Å². The van der Waals surface area contributed by atoms with Crippen molar-refractivity contribution in [1.82, 2.24) is 5.32 Å². The molecule has 0 atom stereocenters. The van der Waals surface area contributed by atoms with Gasteiger partial charge in [0.15, 0.2) is 5.96 Å². The Balaban J connectivity index is 0.00000338. The van der Waals surface area contributed by atoms with Crippen LogP contribution < -0.4 is 16.4 Å². The number of guanidine groups is 1. The molecule has 6 heteroatoms. The molecule has 2 aromatic rings. The Labute approximate surface area is 172 Å². The number of aryl methyl sites for hydroxylation is 1. The third kappa shape index (κ3) is 7.03. The second-order valence-electron chi connectivity index (χ2n) is 5.84. The molecule has 1 amide bonds. The first kappa shape index (κ1) is 22.0. The highest BCUT2D eigenvalue weighted by atomic mass is 127. The van der Waals surface area contributed by atoms with Crippen LogP contribution in [0.4, 0.5) is 5.69 Å². The minimum absolute atomic E-state index is 0. The summed E-state index contributed by atoms with van der Waals surface area (Å²) in [7, 11) is 0. The molecule has 26 heavy (non-hydrogen) atoms. The van der Waals surface area contributed by atoms with Gasteiger partial charge in [0.2, 0.25) is 0 Å². The lowest BCUT2D eigenvalue weighted by atomic mass is 10.1. The molecular formula is C20H27IN4O. The summed E-state index contributed by atoms with van der Waals surface area (Å²) >= 11 is 0. The molecule has 0 unspecified atom stereocenters. The second kappa shape index (κ2) is 11.5. The summed E-state index contributed by atoms with van der Waals surface area (Å²) in [6.45, 7) is 5.23. The predicted molar refractivity (Wildman–Crippen MR) is 119 cm³/mol. The van der Waals surface area contributed by atoms with Crippen LogP contribution >= 0.6 is 24.0 Å². The van der Waals surface area contributed by atoms with E-state index in [0.717, 1.165) is 24.1 Å². The van der Waals surface area contributed by atoms with Crippen molar-refractivity contribution in [3.63, 3.8) is 0 Å². The summed E-state index contributed by atoms with van der Waals surface area (Å²) in [5.41, 5.74) is 9.71. The summed E-state index contributed by atoms with van der Waals surface area (Å²) in [5.74, 6) is 0.296. The molecule has 0 fully saturated rings. The molecule has 0 spiro atoms. The van der Waals surface area contributed by atoms with Gasteiger partial charge in [-0.15, -0.1) is 24.0 Å². The zero-order valence-corrected chi connectivity index (χ0v) is 17.6. The lowest BCUT2D eigenvalue weighted by molar-refractivity contribution is 0.0953. The number of carbonyl (C=O) groups is 1. The number of nitrogens with two attached hydrogens (primary N) is 1. The van der Waals surface area contributed by atoms with Crippen LogP contribution in [0.5, 0.6) is 0 Å². The molecule has 0 heterocycles. The van der Waals surface area contributed by atoms with E-state index in [1.165, 1.54) is 5.56 Å². The van der Waals surface area contributed by atoms with Crippen molar-refractivity contribution in [2.24, 2.45) is 10.7 Å². The third-order valence-corrected chi connectivity index (χ3v) is 3.76. The monoisotopic (exact) mass is 466 g/mol. The van der Waals surface area contributed by atoms with Crippen LogP contribution in [0, 0.1) is 0 Å². The molecule has 2 aromatic carbocycles. The van der Waals surface area contributed by atoms with E-state index in [1.807, 2.05) is 37.3 Å². The van der Waals surface area contributed by atoms with Crippen molar-refractivity contribution in [3.05, 3.63) is 65.2 Å². The number of anilines is 1. The van der Waals surface area contributed by atoms with E-state index in [9.17, 15) is 4.79 Å². The number of nitrogens with zero attached hydrogens (tertiary/aromatic N) is 1. The Kier molecular flexibility index (Phi) is 9.72. The van der Waals surface area contributed by atoms with Gasteiger partial charge in [0, 0.05) is 17.8 Å². The highest BCUT2D eigenvalue weighted by Crippen LogP contribution is 2.11. The van der Waals surface area contributed by atoms with E-state index < -0.39 is 0 Å². The van der Waals surface area contributed by atoms with E-state index in [2.05, 4.69) is 34.7 Å². The molecule has 4 N–H and O–H groups in total. The molecule has 5 nitrogen and oxygen atoms in total. The van der Waals surface area contributed by atoms with Gasteiger partial charge in [-0.05, 0) is 48.2 Å². The minimum atomic E-state index is -0.0600. The molecule has 2 rings (SSSR count). The Morgan fingerprint density at radius 2 is 1.81 bits per heavy atom. The van der Waals surface area contributed by atoms with Gasteiger partial charge < -0.3 is 16.4 Å². The number of halogens is 1. The van der Waals surface area contributed by atoms with Crippen LogP contribution in [0.3, 0.4) is 0 Å². The zero-order valence-electron chi connectivity index (χ0n) is 15.3. The Bertz CT molecular complexity index is 746. The summed E-state index contributed by atoms with van der Waals surface area (Å²) in [5, 5.41) is 5.97. The Morgan fingerprint density at radius 3 is 2.54 bits per heavy atom. The highest BCUT2D eigenvalue weighted by molar-refractivity contribution is 14.0. The van der Waals surface area contributed by atoms with Crippen molar-refractivity contribution >= 4 is 41.5 Å². The minimum Gasteiger partial charge on any atom is -0.370 e. The fourth-order valence-electron chi connectivity index (χ4n) is 2.38. The van der Waals surface area contributed by atoms with Gasteiger partial charge in [-0.3, -0.25) is 4.79 Å². The average Bonchev–Trinajstić information content (AvgIpc) is 2.64. The van der Waals surface area contributed by atoms with Gasteiger partial charge in [0.25, 0.3) is 5.91 Å². The third-order valence-electron chi connectivity index (χ3n) is 3.76. The SMILES string of the molecule is CCCNC(=O)c1cccc(CN=C(N)Nc2cccc(CC)c2)c1.I. The van der Waals surface area contributed by atoms with Gasteiger partial charge in [0.1, 0.15) is 0 Å². The van der Waals surface area contributed by atoms with E-state index in [-0.39, 0.29) is 29.9 Å². The summed E-state index contributed by atoms with van der Waals surface area (Å²) in [6, 6.07) is 15.5. The second-order valence-corrected chi connectivity index (χ2v) is 5.84. The molecule has 0 aliphatic carbocycles. The first-order valence-electron chi connectivity index (χ1n) is 8.65. The number of rotatable bonds is 7. The summed E-state index contributed by atoms with van der Waals surface area (Å²) in [4.78, 5) is 16.4. The van der Waals surface area contributed by atoms with Crippen molar-refractivity contribution in [3.8, 4) is 0 Å². The maximum absolute atomic E-state index is 12.0. The Morgan fingerprint density at radius 1 is 1.08 bits per heavy atom. The van der Waals surface area contributed by atoms with Gasteiger partial charge in [-0.2, -0.15) is 0 Å². The van der Waals surface area contributed by atoms with E-state index in [0.29, 0.717) is 24.6 Å². The van der Waals surface area contributed by atoms with Crippen molar-refractivity contribution in [2.45, 2.75) is 33.2 Å². The van der Waals surface area contributed by atoms with E-state index >= 15 is 0 Å². The molecule has 140 valence electrons. The van der Waals surface area contributed by atoms with Gasteiger partial charge >= 0.3 is 0 Å². The van der Waals surface area contributed by atoms with E-state index in [1.54, 1.807) is 6.07 Å². The van der Waals surface area contributed by atoms with Crippen molar-refractivity contribution in [2.75, 3.05) is 11.9 Å². The van der Waals surface area contributed by atoms with Crippen LogP contribution in [-0.2, 0) is 13.0 Å². The van der Waals surface area contributed by atoms with Crippen molar-refractivity contribution in [1.29, 1.82) is 0 Å². The molecule has 0 aromatic heterocycles. The standard InChI is InChI=1S/C20H26N4O.HI/c1-3-11-22-19(25)17-9-5-8-16(12-17)14-23-20(21)24-18-10-6-7-15(4-2)13-18;/h5-10,12-13H,3-4,11,14H2,1-2H3,(H,22,25)(H3,21,23,24);1H. The molecule has 0 saturated carbocycles. The number of hydrogen-bond acceptors (Lipinski definition) is 2. The fraction of sp³-hybridized carbons (Fsp3) is 0.300. The Hall–Kier alpha value is -2.09. The van der Waals surface area contributed by atoms with Crippen LogP contribution in [0.2, 0.25) is 0 Å². The maximum Gasteiger partial charge on any atom is 0.251 e. The number of benzene rings is 2. The van der Waals surface area contributed by atoms with Crippen LogP contribution in [0.25, 0.3) is 0 Å². The molecule has 0 radical (unpaired) electrons. The van der Waals surface area contributed by atoms with Crippen LogP contribution in [0.15, 0.2) is 53.5 Å². The topological polar surface area (TPSA) is 79.5 Å². The summed E-state index contributed by atoms with van der Waals surface area (Å²) in [6.07, 6.45) is 1.89. The van der Waals surface area contributed by atoms with Crippen molar-refractivity contribution < 1.29 is 4.79 Å². The maximum atomic E-state index is 12.0. The number of hydrogen-bond donors (Lipinski definition) is 3. The molecular weight excluding hydrogens is 439 g/mol. The molecule has 0 aliphatic heterocycles. The lowest BCUT2D eigenvalue weighted by Crippen LogP contribution is -2.24. The average molecular weight is 466 g/mol. The van der Waals surface area contributed by atoms with Crippen LogP contribution in [-0.4, -0.2) is 18.4 Å². The smallest absolute Gasteiger partial charge is 0.251 e. The largest absolute Gasteiger partial charge is 0.370 e. The van der Waals surface area contributed by atoms with Crippen LogP contribution in [0.1, 0.15) is 41.8 Å². The molecule has 0 aliphatic rings. The number of nitrogens with one attached hydrogen (secondary N) is 2. The predicted octanol–water partition coefficient (Wildman–Crippen LogP) is 3.93. The normalized spacial score (nSPS) is 10.8. The molecule has 0 saturated heterocycles. The number of carbonyl (C=O) groups excluding carboxylic acids is 1. The quantitative estimate of drug-likeness (QED) is 0.329. The first-order chi connectivity index (χ1) is 12.1. The number of aliphatic imine (C=N–C) groups is 1. The van der Waals surface area contributed by atoms with E-state index in [4.69, 9.17) is 5.73 Å². The lowest BCUT2D eigenvalue weighted by Gasteiger charge is -2.08. The zero-order chi connectivity index (χ0) is 18.1. The summed E-state index contributed by atoms with van der Waals surface area (Å²) < 4.78 is 0. The van der Waals surface area contributed by atoms with Gasteiger partial charge in [-0.25, -0.2) is 4.99 Å². The first-order valence-corrected chi connectivity index (χ1v) is 8.65. The number of amides is 1. The highest BCUT2D eigenvalue weighted by Gasteiger charge is 2.05. The van der Waals surface area contributed by atoms with Gasteiger partial charge in [0.05, 0.1) is 6.54 Å².